The van der Waals surface area contributed by atoms with E-state index in [4.69, 9.17) is 0 Å². The van der Waals surface area contributed by atoms with Crippen LogP contribution in [0.15, 0.2) is 12.1 Å². The van der Waals surface area contributed by atoms with Crippen molar-refractivity contribution in [3.05, 3.63) is 34.4 Å². The zero-order valence-electron chi connectivity index (χ0n) is 14.3. The van der Waals surface area contributed by atoms with Crippen LogP contribution in [0.2, 0.25) is 0 Å². The van der Waals surface area contributed by atoms with E-state index in [0.29, 0.717) is 16.9 Å². The molecule has 0 spiro atoms. The summed E-state index contributed by atoms with van der Waals surface area (Å²) in [5, 5.41) is 9.48. The molecular weight excluding hydrogens is 272 g/mol. The smallest absolute Gasteiger partial charge is 0.335 e. The number of rotatable bonds is 2. The number of carboxylic acids is 1. The second-order valence-electron chi connectivity index (χ2n) is 8.13. The van der Waals surface area contributed by atoms with Crippen LogP contribution >= 0.6 is 0 Å². The highest BCUT2D eigenvalue weighted by atomic mass is 16.4. The lowest BCUT2D eigenvalue weighted by atomic mass is 9.50. The van der Waals surface area contributed by atoms with E-state index in [2.05, 4.69) is 33.8 Å². The first-order valence-corrected chi connectivity index (χ1v) is 8.70. The Balaban J connectivity index is 2.17. The summed E-state index contributed by atoms with van der Waals surface area (Å²) in [7, 11) is 0. The van der Waals surface area contributed by atoms with Crippen molar-refractivity contribution in [3.8, 4) is 0 Å². The molecule has 1 N–H and O–H groups in total. The van der Waals surface area contributed by atoms with Crippen molar-refractivity contribution in [1.82, 2.24) is 0 Å². The van der Waals surface area contributed by atoms with Gasteiger partial charge in [0.2, 0.25) is 0 Å². The van der Waals surface area contributed by atoms with E-state index < -0.39 is 5.97 Å². The fourth-order valence-corrected chi connectivity index (χ4v) is 5.56. The highest BCUT2D eigenvalue weighted by Crippen LogP contribution is 2.57. The number of hydrogen-bond donors (Lipinski definition) is 1. The summed E-state index contributed by atoms with van der Waals surface area (Å²) < 4.78 is 0. The molecular formula is C20H28O2. The standard InChI is InChI=1S/C20H28O2/c1-5-13-14-8-10-17-19(2,3)11-6-12-20(17,4)16(14)9-7-15(13)18(21)22/h7,9,17H,5-6,8,10-12H2,1-4H3,(H,21,22)/t17-,20-/m1/s1. The predicted molar refractivity (Wildman–Crippen MR) is 89.6 cm³/mol. The monoisotopic (exact) mass is 300 g/mol. The Morgan fingerprint density at radius 1 is 1.27 bits per heavy atom. The lowest BCUT2D eigenvalue weighted by Gasteiger charge is -2.54. The minimum Gasteiger partial charge on any atom is -0.478 e. The van der Waals surface area contributed by atoms with Gasteiger partial charge < -0.3 is 5.11 Å². The van der Waals surface area contributed by atoms with Crippen LogP contribution in [0.25, 0.3) is 0 Å². The van der Waals surface area contributed by atoms with Crippen molar-refractivity contribution in [2.75, 3.05) is 0 Å². The van der Waals surface area contributed by atoms with Gasteiger partial charge in [-0.05, 0) is 71.6 Å². The molecule has 2 aliphatic carbocycles. The maximum atomic E-state index is 11.5. The normalized spacial score (nSPS) is 29.5. The SMILES string of the molecule is CCc1c(C(=O)O)ccc2c1CC[C@@H]1C(C)(C)CCC[C@]21C. The maximum Gasteiger partial charge on any atom is 0.335 e. The first-order chi connectivity index (χ1) is 10.3. The quantitative estimate of drug-likeness (QED) is 0.836. The molecule has 0 saturated heterocycles. The van der Waals surface area contributed by atoms with Gasteiger partial charge in [-0.15, -0.1) is 0 Å². The Morgan fingerprint density at radius 3 is 2.64 bits per heavy atom. The molecule has 2 atom stereocenters. The van der Waals surface area contributed by atoms with E-state index >= 15 is 0 Å². The van der Waals surface area contributed by atoms with Crippen molar-refractivity contribution in [2.45, 2.75) is 71.6 Å². The van der Waals surface area contributed by atoms with Gasteiger partial charge in [-0.1, -0.05) is 40.2 Å². The first kappa shape index (κ1) is 15.6. The van der Waals surface area contributed by atoms with Crippen molar-refractivity contribution in [3.63, 3.8) is 0 Å². The van der Waals surface area contributed by atoms with Gasteiger partial charge in [-0.25, -0.2) is 4.79 Å². The molecule has 1 aromatic carbocycles. The molecule has 0 bridgehead atoms. The summed E-state index contributed by atoms with van der Waals surface area (Å²) in [6.07, 6.45) is 6.90. The zero-order chi connectivity index (χ0) is 16.1. The van der Waals surface area contributed by atoms with Gasteiger partial charge in [0.05, 0.1) is 5.56 Å². The number of fused-ring (bicyclic) bond motifs is 3. The average Bonchev–Trinajstić information content (AvgIpc) is 2.44. The number of carboxylic acid groups (broad SMARTS) is 1. The third kappa shape index (κ3) is 2.11. The molecule has 0 aliphatic heterocycles. The summed E-state index contributed by atoms with van der Waals surface area (Å²) in [6, 6.07) is 3.99. The topological polar surface area (TPSA) is 37.3 Å². The molecule has 2 nitrogen and oxygen atoms in total. The number of benzene rings is 1. The second-order valence-corrected chi connectivity index (χ2v) is 8.13. The van der Waals surface area contributed by atoms with E-state index in [1.165, 1.54) is 36.8 Å². The molecule has 1 aromatic rings. The minimum absolute atomic E-state index is 0.219. The zero-order valence-corrected chi connectivity index (χ0v) is 14.3. The minimum atomic E-state index is -0.782. The van der Waals surface area contributed by atoms with Gasteiger partial charge in [0.25, 0.3) is 0 Å². The largest absolute Gasteiger partial charge is 0.478 e. The van der Waals surface area contributed by atoms with Crippen molar-refractivity contribution in [2.24, 2.45) is 11.3 Å². The van der Waals surface area contributed by atoms with Gasteiger partial charge >= 0.3 is 5.97 Å². The Labute approximate surface area is 133 Å². The summed E-state index contributed by atoms with van der Waals surface area (Å²) >= 11 is 0. The van der Waals surface area contributed by atoms with E-state index in [0.717, 1.165) is 18.4 Å². The van der Waals surface area contributed by atoms with Gasteiger partial charge in [-0.3, -0.25) is 0 Å². The summed E-state index contributed by atoms with van der Waals surface area (Å²) in [6.45, 7) is 9.36. The van der Waals surface area contributed by atoms with E-state index in [-0.39, 0.29) is 5.41 Å². The molecule has 0 amide bonds. The molecule has 120 valence electrons. The third-order valence-electron chi connectivity index (χ3n) is 6.54. The molecule has 2 heteroatoms. The van der Waals surface area contributed by atoms with Crippen LogP contribution in [-0.2, 0) is 18.3 Å². The fourth-order valence-electron chi connectivity index (χ4n) is 5.56. The first-order valence-electron chi connectivity index (χ1n) is 8.70. The Hall–Kier alpha value is -1.31. The van der Waals surface area contributed by atoms with E-state index in [9.17, 15) is 9.90 Å². The maximum absolute atomic E-state index is 11.5. The van der Waals surface area contributed by atoms with E-state index in [1.807, 2.05) is 6.07 Å². The Kier molecular flexibility index (Phi) is 3.62. The van der Waals surface area contributed by atoms with Crippen molar-refractivity contribution >= 4 is 5.97 Å². The van der Waals surface area contributed by atoms with Gasteiger partial charge in [-0.2, -0.15) is 0 Å². The van der Waals surface area contributed by atoms with Crippen LogP contribution in [0.3, 0.4) is 0 Å². The fraction of sp³-hybridized carbons (Fsp3) is 0.650. The van der Waals surface area contributed by atoms with Gasteiger partial charge in [0, 0.05) is 0 Å². The Bertz CT molecular complexity index is 614. The molecule has 0 heterocycles. The molecule has 1 fully saturated rings. The van der Waals surface area contributed by atoms with Gasteiger partial charge in [0.15, 0.2) is 0 Å². The lowest BCUT2D eigenvalue weighted by Crippen LogP contribution is -2.48. The average molecular weight is 300 g/mol. The van der Waals surface area contributed by atoms with Crippen LogP contribution < -0.4 is 0 Å². The molecule has 2 aliphatic rings. The van der Waals surface area contributed by atoms with Crippen LogP contribution in [0.5, 0.6) is 0 Å². The van der Waals surface area contributed by atoms with Crippen LogP contribution in [0.1, 0.15) is 80.4 Å². The highest BCUT2D eigenvalue weighted by molar-refractivity contribution is 5.90. The number of aromatic carboxylic acids is 1. The molecule has 0 radical (unpaired) electrons. The predicted octanol–water partition coefficient (Wildman–Crippen LogP) is 4.98. The second kappa shape index (κ2) is 5.11. The summed E-state index contributed by atoms with van der Waals surface area (Å²) in [5.41, 5.74) is 4.99. The molecule has 0 aromatic heterocycles. The summed E-state index contributed by atoms with van der Waals surface area (Å²) in [4.78, 5) is 11.5. The molecule has 0 unspecified atom stereocenters. The third-order valence-corrected chi connectivity index (χ3v) is 6.54. The highest BCUT2D eigenvalue weighted by Gasteiger charge is 2.50. The molecule has 1 saturated carbocycles. The van der Waals surface area contributed by atoms with Crippen LogP contribution in [0, 0.1) is 11.3 Å². The van der Waals surface area contributed by atoms with Crippen molar-refractivity contribution in [1.29, 1.82) is 0 Å². The molecule has 22 heavy (non-hydrogen) atoms. The van der Waals surface area contributed by atoms with Crippen molar-refractivity contribution < 1.29 is 9.90 Å². The van der Waals surface area contributed by atoms with Crippen LogP contribution in [-0.4, -0.2) is 11.1 Å². The molecule has 3 rings (SSSR count). The number of hydrogen-bond acceptors (Lipinski definition) is 1. The Morgan fingerprint density at radius 2 is 2.00 bits per heavy atom. The number of carbonyl (C=O) groups is 1. The lowest BCUT2D eigenvalue weighted by molar-refractivity contribution is 0.0404. The van der Waals surface area contributed by atoms with Crippen LogP contribution in [0.4, 0.5) is 0 Å². The van der Waals surface area contributed by atoms with Gasteiger partial charge in [0.1, 0.15) is 0 Å². The van der Waals surface area contributed by atoms with E-state index in [1.54, 1.807) is 0 Å². The summed E-state index contributed by atoms with van der Waals surface area (Å²) in [5.74, 6) is -0.0717.